The van der Waals surface area contributed by atoms with Crippen LogP contribution in [0.25, 0.3) is 0 Å². The van der Waals surface area contributed by atoms with Gasteiger partial charge in [0.2, 0.25) is 6.10 Å². The average molecular weight is 251 g/mol. The molecule has 5 nitrogen and oxygen atoms in total. The molecule has 1 heterocycles. The molecule has 2 rings (SSSR count). The second kappa shape index (κ2) is 5.73. The largest absolute Gasteiger partial charge is 0.482 e. The monoisotopic (exact) mass is 251 g/mol. The molecule has 18 heavy (non-hydrogen) atoms. The first-order chi connectivity index (χ1) is 8.72. The molecule has 0 saturated carbocycles. The van der Waals surface area contributed by atoms with Gasteiger partial charge in [-0.15, -0.1) is 0 Å². The van der Waals surface area contributed by atoms with Gasteiger partial charge in [-0.1, -0.05) is 12.1 Å². The van der Waals surface area contributed by atoms with Crippen molar-refractivity contribution in [2.75, 3.05) is 13.2 Å². The molecule has 0 radical (unpaired) electrons. The van der Waals surface area contributed by atoms with Crippen LogP contribution in [0, 0.1) is 0 Å². The lowest BCUT2D eigenvalue weighted by Gasteiger charge is -2.30. The predicted molar refractivity (Wildman–Crippen MR) is 65.7 cm³/mol. The predicted octanol–water partition coefficient (Wildman–Crippen LogP) is 0.713. The molecule has 0 saturated heterocycles. The fourth-order valence-electron chi connectivity index (χ4n) is 1.80. The lowest BCUT2D eigenvalue weighted by atomic mass is 10.1. The Morgan fingerprint density at radius 2 is 2.00 bits per heavy atom. The third-order valence-electron chi connectivity index (χ3n) is 2.73. The van der Waals surface area contributed by atoms with E-state index >= 15 is 0 Å². The minimum Gasteiger partial charge on any atom is -0.482 e. The number of para-hydroxylation sites is 2. The van der Waals surface area contributed by atoms with Crippen molar-refractivity contribution in [2.24, 2.45) is 0 Å². The van der Waals surface area contributed by atoms with E-state index in [0.717, 1.165) is 0 Å². The number of aliphatic hydroxyl groups excluding tert-OH is 1. The highest BCUT2D eigenvalue weighted by Gasteiger charge is 2.33. The van der Waals surface area contributed by atoms with E-state index in [2.05, 4.69) is 5.32 Å². The highest BCUT2D eigenvalue weighted by molar-refractivity contribution is 5.82. The molecule has 2 unspecified atom stereocenters. The first kappa shape index (κ1) is 12.7. The third-order valence-corrected chi connectivity index (χ3v) is 2.73. The minimum absolute atomic E-state index is 0.0562. The van der Waals surface area contributed by atoms with Gasteiger partial charge in [0, 0.05) is 13.2 Å². The van der Waals surface area contributed by atoms with Crippen LogP contribution in [0.2, 0.25) is 0 Å². The first-order valence-corrected chi connectivity index (χ1v) is 6.03. The zero-order valence-electron chi connectivity index (χ0n) is 10.3. The highest BCUT2D eigenvalue weighted by atomic mass is 16.6. The maximum Gasteiger partial charge on any atom is 0.265 e. The summed E-state index contributed by atoms with van der Waals surface area (Å²) in [5, 5.41) is 11.4. The summed E-state index contributed by atoms with van der Waals surface area (Å²) in [7, 11) is 0. The Labute approximate surface area is 106 Å². The number of fused-ring (bicyclic) bond motifs is 1. The van der Waals surface area contributed by atoms with Crippen molar-refractivity contribution in [3.05, 3.63) is 24.3 Å². The van der Waals surface area contributed by atoms with E-state index in [9.17, 15) is 4.79 Å². The number of aliphatic hydroxyl groups is 1. The van der Waals surface area contributed by atoms with Gasteiger partial charge in [-0.05, 0) is 25.5 Å². The SMILES string of the molecule is CC1Oc2ccccc2OC1C(=O)NCCCO. The molecule has 1 amide bonds. The number of carbonyl (C=O) groups excluding carboxylic acids is 1. The average Bonchev–Trinajstić information content (AvgIpc) is 2.38. The summed E-state index contributed by atoms with van der Waals surface area (Å²) in [6.07, 6.45) is -0.461. The van der Waals surface area contributed by atoms with Crippen molar-refractivity contribution in [2.45, 2.75) is 25.6 Å². The molecule has 0 aliphatic carbocycles. The Balaban J connectivity index is 2.00. The standard InChI is InChI=1S/C13H17NO4/c1-9-12(13(16)14-7-4-8-15)18-11-6-3-2-5-10(11)17-9/h2-3,5-6,9,12,15H,4,7-8H2,1H3,(H,14,16). The molecule has 5 heteroatoms. The fraction of sp³-hybridized carbons (Fsp3) is 0.462. The van der Waals surface area contributed by atoms with Crippen molar-refractivity contribution in [3.63, 3.8) is 0 Å². The molecule has 2 atom stereocenters. The Morgan fingerprint density at radius 3 is 2.67 bits per heavy atom. The van der Waals surface area contributed by atoms with E-state index in [4.69, 9.17) is 14.6 Å². The number of rotatable bonds is 4. The highest BCUT2D eigenvalue weighted by Crippen LogP contribution is 2.33. The van der Waals surface area contributed by atoms with E-state index in [1.54, 1.807) is 13.0 Å². The minimum atomic E-state index is -0.654. The topological polar surface area (TPSA) is 67.8 Å². The maximum atomic E-state index is 11.9. The summed E-state index contributed by atoms with van der Waals surface area (Å²) in [5.41, 5.74) is 0. The maximum absolute atomic E-state index is 11.9. The summed E-state index contributed by atoms with van der Waals surface area (Å²) >= 11 is 0. The molecule has 0 fully saturated rings. The van der Waals surface area contributed by atoms with Crippen LogP contribution in [0.3, 0.4) is 0 Å². The molecule has 0 spiro atoms. The zero-order chi connectivity index (χ0) is 13.0. The van der Waals surface area contributed by atoms with Crippen LogP contribution >= 0.6 is 0 Å². The number of ether oxygens (including phenoxy) is 2. The second-order valence-electron chi connectivity index (χ2n) is 4.18. The van der Waals surface area contributed by atoms with E-state index in [1.807, 2.05) is 18.2 Å². The lowest BCUT2D eigenvalue weighted by molar-refractivity contribution is -0.133. The molecule has 1 aliphatic heterocycles. The number of hydrogen-bond acceptors (Lipinski definition) is 4. The molecule has 0 aromatic heterocycles. The molecule has 1 aromatic rings. The van der Waals surface area contributed by atoms with Crippen molar-refractivity contribution >= 4 is 5.91 Å². The normalized spacial score (nSPS) is 21.4. The smallest absolute Gasteiger partial charge is 0.265 e. The summed E-state index contributed by atoms with van der Waals surface area (Å²) in [6.45, 7) is 2.29. The Bertz CT molecular complexity index is 421. The number of benzene rings is 1. The van der Waals surface area contributed by atoms with E-state index in [-0.39, 0.29) is 18.6 Å². The fourth-order valence-corrected chi connectivity index (χ4v) is 1.80. The van der Waals surface area contributed by atoms with Gasteiger partial charge in [0.05, 0.1) is 0 Å². The Morgan fingerprint density at radius 1 is 1.33 bits per heavy atom. The summed E-state index contributed by atoms with van der Waals surface area (Å²) < 4.78 is 11.3. The van der Waals surface area contributed by atoms with Gasteiger partial charge < -0.3 is 19.9 Å². The van der Waals surface area contributed by atoms with Crippen LogP contribution < -0.4 is 14.8 Å². The molecule has 2 N–H and O–H groups in total. The van der Waals surface area contributed by atoms with Gasteiger partial charge in [-0.25, -0.2) is 0 Å². The van der Waals surface area contributed by atoms with Crippen LogP contribution in [-0.2, 0) is 4.79 Å². The lowest BCUT2D eigenvalue weighted by Crippen LogP contribution is -2.49. The van der Waals surface area contributed by atoms with E-state index in [1.165, 1.54) is 0 Å². The zero-order valence-corrected chi connectivity index (χ0v) is 10.3. The summed E-state index contributed by atoms with van der Waals surface area (Å²) in [4.78, 5) is 11.9. The third kappa shape index (κ3) is 2.73. The molecular weight excluding hydrogens is 234 g/mol. The molecule has 0 bridgehead atoms. The van der Waals surface area contributed by atoms with Gasteiger partial charge >= 0.3 is 0 Å². The Hall–Kier alpha value is -1.75. The van der Waals surface area contributed by atoms with Gasteiger partial charge in [-0.2, -0.15) is 0 Å². The second-order valence-corrected chi connectivity index (χ2v) is 4.18. The number of hydrogen-bond donors (Lipinski definition) is 2. The van der Waals surface area contributed by atoms with Gasteiger partial charge in [0.1, 0.15) is 6.10 Å². The van der Waals surface area contributed by atoms with Crippen molar-refractivity contribution in [1.29, 1.82) is 0 Å². The number of nitrogens with one attached hydrogen (secondary N) is 1. The summed E-state index contributed by atoms with van der Waals surface area (Å²) in [5.74, 6) is 1.02. The molecule has 98 valence electrons. The van der Waals surface area contributed by atoms with E-state index in [0.29, 0.717) is 24.5 Å². The van der Waals surface area contributed by atoms with Crippen LogP contribution in [0.4, 0.5) is 0 Å². The summed E-state index contributed by atoms with van der Waals surface area (Å²) in [6, 6.07) is 7.27. The Kier molecular flexibility index (Phi) is 4.04. The van der Waals surface area contributed by atoms with Crippen LogP contribution in [0.5, 0.6) is 11.5 Å². The van der Waals surface area contributed by atoms with Crippen LogP contribution in [0.1, 0.15) is 13.3 Å². The number of amides is 1. The molecule has 1 aromatic carbocycles. The van der Waals surface area contributed by atoms with Crippen molar-refractivity contribution < 1.29 is 19.4 Å². The first-order valence-electron chi connectivity index (χ1n) is 6.03. The van der Waals surface area contributed by atoms with E-state index < -0.39 is 6.10 Å². The quantitative estimate of drug-likeness (QED) is 0.773. The van der Waals surface area contributed by atoms with Crippen LogP contribution in [-0.4, -0.2) is 36.4 Å². The molecular formula is C13H17NO4. The van der Waals surface area contributed by atoms with Gasteiger partial charge in [-0.3, -0.25) is 4.79 Å². The van der Waals surface area contributed by atoms with Crippen LogP contribution in [0.15, 0.2) is 24.3 Å². The number of carbonyl (C=O) groups is 1. The van der Waals surface area contributed by atoms with Gasteiger partial charge in [0.25, 0.3) is 5.91 Å². The molecule has 1 aliphatic rings. The van der Waals surface area contributed by atoms with Crippen molar-refractivity contribution in [1.82, 2.24) is 5.32 Å². The van der Waals surface area contributed by atoms with Crippen molar-refractivity contribution in [3.8, 4) is 11.5 Å². The van der Waals surface area contributed by atoms with Gasteiger partial charge in [0.15, 0.2) is 11.5 Å².